The third-order valence-corrected chi connectivity index (χ3v) is 6.14. The van der Waals surface area contributed by atoms with Gasteiger partial charge < -0.3 is 28.5 Å². The molecule has 0 unspecified atom stereocenters. The number of hydrogen-bond acceptors (Lipinski definition) is 10. The van der Waals surface area contributed by atoms with E-state index >= 15 is 0 Å². The molecule has 4 bridgehead atoms. The molecule has 3 rings (SSSR count). The number of fused-ring (bicyclic) bond motifs is 4. The summed E-state index contributed by atoms with van der Waals surface area (Å²) in [5.41, 5.74) is -0.835. The van der Waals surface area contributed by atoms with Gasteiger partial charge in [-0.3, -0.25) is 9.59 Å². The van der Waals surface area contributed by atoms with Gasteiger partial charge in [0.1, 0.15) is 28.8 Å². The number of carbonyl (C=O) groups is 4. The number of ether oxygens (including phenoxy) is 4. The first-order valence-corrected chi connectivity index (χ1v) is 11.2. The molecule has 0 aromatic carbocycles. The Hall–Kier alpha value is -3.40. The van der Waals surface area contributed by atoms with E-state index in [1.807, 2.05) is 0 Å². The zero-order valence-electron chi connectivity index (χ0n) is 20.4. The van der Waals surface area contributed by atoms with Gasteiger partial charge in [0, 0.05) is 26.7 Å². The summed E-state index contributed by atoms with van der Waals surface area (Å²) in [7, 11) is 1.23. The predicted octanol–water partition coefficient (Wildman–Crippen LogP) is 2.73. The highest BCUT2D eigenvalue weighted by Gasteiger charge is 2.49. The third kappa shape index (κ3) is 5.64. The summed E-state index contributed by atoms with van der Waals surface area (Å²) in [5.74, 6) is -2.67. The Kier molecular flexibility index (Phi) is 7.54. The fourth-order valence-electron chi connectivity index (χ4n) is 4.39. The van der Waals surface area contributed by atoms with Crippen LogP contribution in [0, 0.1) is 5.92 Å². The molecule has 3 heterocycles. The smallest absolute Gasteiger partial charge is 0.341 e. The maximum absolute atomic E-state index is 12.7. The number of furan rings is 1. The van der Waals surface area contributed by atoms with Crippen molar-refractivity contribution in [2.45, 2.75) is 70.9 Å². The molecule has 1 saturated heterocycles. The predicted molar refractivity (Wildman–Crippen MR) is 120 cm³/mol. The Labute approximate surface area is 202 Å². The zero-order chi connectivity index (χ0) is 26.1. The van der Waals surface area contributed by atoms with Gasteiger partial charge in [0.2, 0.25) is 0 Å². The van der Waals surface area contributed by atoms with E-state index in [-0.39, 0.29) is 41.4 Å². The van der Waals surface area contributed by atoms with Gasteiger partial charge in [0.15, 0.2) is 12.2 Å². The van der Waals surface area contributed by atoms with Gasteiger partial charge in [-0.15, -0.1) is 0 Å². The van der Waals surface area contributed by atoms with Gasteiger partial charge in [0.25, 0.3) is 0 Å². The van der Waals surface area contributed by atoms with E-state index in [4.69, 9.17) is 23.4 Å². The number of aliphatic hydroxyl groups is 1. The summed E-state index contributed by atoms with van der Waals surface area (Å²) in [6, 6.07) is 1.37. The normalized spacial score (nSPS) is 29.9. The van der Waals surface area contributed by atoms with Crippen LogP contribution < -0.4 is 0 Å². The second-order valence-corrected chi connectivity index (χ2v) is 9.14. The molecule has 0 radical (unpaired) electrons. The van der Waals surface area contributed by atoms with E-state index in [1.165, 1.54) is 27.0 Å². The SMILES string of the molecule is C=C(C)[C@H]1C/C=C2\C(=O)O[C@H](C[C@](C)(O)[C@H](OC(C)=O)c3cc(C(=O)OC)c(o3)C1)[C@H]2OC(C)=O. The summed E-state index contributed by atoms with van der Waals surface area (Å²) in [6.45, 7) is 9.56. The van der Waals surface area contributed by atoms with Crippen molar-refractivity contribution >= 4 is 23.9 Å². The molecule has 35 heavy (non-hydrogen) atoms. The molecule has 0 aliphatic carbocycles. The number of rotatable bonds is 4. The molecule has 2 aliphatic rings. The van der Waals surface area contributed by atoms with Gasteiger partial charge >= 0.3 is 23.9 Å². The molecule has 1 aromatic heterocycles. The molecule has 2 aliphatic heterocycles. The standard InChI is InChI=1S/C25H30O10/c1-12(2)15-7-8-16-21(32-13(3)26)20(35-24(16)29)11-25(5,30)22(33-14(4)27)19-10-17(23(28)31-6)18(9-15)34-19/h8,10,15,20-22,30H,1,7,9,11H2,2-6H3/b16-8-/t15-,20+,21-,22+,25-/m0/s1. The summed E-state index contributed by atoms with van der Waals surface area (Å²) >= 11 is 0. The lowest BCUT2D eigenvalue weighted by Crippen LogP contribution is -2.42. The summed E-state index contributed by atoms with van der Waals surface area (Å²) < 4.78 is 27.2. The van der Waals surface area contributed by atoms with Gasteiger partial charge in [-0.1, -0.05) is 18.2 Å². The molecule has 0 saturated carbocycles. The lowest BCUT2D eigenvalue weighted by Gasteiger charge is -2.33. The largest absolute Gasteiger partial charge is 0.465 e. The first-order chi connectivity index (χ1) is 16.3. The second-order valence-electron chi connectivity index (χ2n) is 9.14. The highest BCUT2D eigenvalue weighted by molar-refractivity contribution is 5.93. The quantitative estimate of drug-likeness (QED) is 0.381. The molecule has 190 valence electrons. The molecule has 0 amide bonds. The Morgan fingerprint density at radius 1 is 1.17 bits per heavy atom. The van der Waals surface area contributed by atoms with E-state index in [0.29, 0.717) is 6.42 Å². The first-order valence-electron chi connectivity index (χ1n) is 11.2. The Morgan fingerprint density at radius 3 is 2.40 bits per heavy atom. The first kappa shape index (κ1) is 26.2. The lowest BCUT2D eigenvalue weighted by molar-refractivity contribution is -0.174. The third-order valence-electron chi connectivity index (χ3n) is 6.14. The summed E-state index contributed by atoms with van der Waals surface area (Å²) in [6.07, 6.45) is -1.62. The van der Waals surface area contributed by atoms with Crippen LogP contribution in [0.25, 0.3) is 0 Å². The number of allylic oxidation sites excluding steroid dienone is 2. The Morgan fingerprint density at radius 2 is 1.83 bits per heavy atom. The number of carbonyl (C=O) groups excluding carboxylic acids is 4. The van der Waals surface area contributed by atoms with E-state index in [2.05, 4.69) is 6.58 Å². The van der Waals surface area contributed by atoms with Crippen LogP contribution in [0.15, 0.2) is 34.3 Å². The Bertz CT molecular complexity index is 1080. The van der Waals surface area contributed by atoms with E-state index in [9.17, 15) is 24.3 Å². The van der Waals surface area contributed by atoms with Gasteiger partial charge in [-0.05, 0) is 32.3 Å². The van der Waals surface area contributed by atoms with Gasteiger partial charge in [-0.2, -0.15) is 0 Å². The minimum atomic E-state index is -1.85. The Balaban J connectivity index is 2.20. The molecular formula is C25H30O10. The molecule has 1 fully saturated rings. The van der Waals surface area contributed by atoms with Crippen molar-refractivity contribution < 1.29 is 47.6 Å². The number of methoxy groups -OCH3 is 1. The average Bonchev–Trinajstić information content (AvgIpc) is 3.28. The van der Waals surface area contributed by atoms with E-state index < -0.39 is 47.8 Å². The van der Waals surface area contributed by atoms with Crippen LogP contribution in [0.5, 0.6) is 0 Å². The summed E-state index contributed by atoms with van der Waals surface area (Å²) in [5, 5.41) is 11.4. The molecule has 1 aromatic rings. The van der Waals surface area contributed by atoms with Crippen LogP contribution in [0.3, 0.4) is 0 Å². The highest BCUT2D eigenvalue weighted by atomic mass is 16.6. The van der Waals surface area contributed by atoms with Gasteiger partial charge in [0.05, 0.1) is 12.7 Å². The lowest BCUT2D eigenvalue weighted by atomic mass is 9.86. The van der Waals surface area contributed by atoms with Crippen molar-refractivity contribution in [1.29, 1.82) is 0 Å². The minimum absolute atomic E-state index is 0.0156. The van der Waals surface area contributed by atoms with E-state index in [1.54, 1.807) is 13.0 Å². The van der Waals surface area contributed by atoms with E-state index in [0.717, 1.165) is 12.5 Å². The summed E-state index contributed by atoms with van der Waals surface area (Å²) in [4.78, 5) is 48.9. The fourth-order valence-corrected chi connectivity index (χ4v) is 4.39. The maximum Gasteiger partial charge on any atom is 0.341 e. The van der Waals surface area contributed by atoms with Crippen molar-refractivity contribution in [3.63, 3.8) is 0 Å². The zero-order valence-corrected chi connectivity index (χ0v) is 20.4. The van der Waals surface area contributed by atoms with Gasteiger partial charge in [-0.25, -0.2) is 9.59 Å². The fraction of sp³-hybridized carbons (Fsp3) is 0.520. The van der Waals surface area contributed by atoms with Crippen molar-refractivity contribution in [3.05, 3.63) is 47.0 Å². The molecule has 10 heteroatoms. The average molecular weight is 491 g/mol. The van der Waals surface area contributed by atoms with Crippen molar-refractivity contribution in [1.82, 2.24) is 0 Å². The monoisotopic (exact) mass is 490 g/mol. The maximum atomic E-state index is 12.7. The van der Waals surface area contributed by atoms with Crippen LogP contribution >= 0.6 is 0 Å². The van der Waals surface area contributed by atoms with Crippen molar-refractivity contribution in [3.8, 4) is 0 Å². The number of esters is 4. The van der Waals surface area contributed by atoms with Crippen molar-refractivity contribution in [2.75, 3.05) is 7.11 Å². The molecule has 10 nitrogen and oxygen atoms in total. The number of hydrogen-bond donors (Lipinski definition) is 1. The van der Waals surface area contributed by atoms with Crippen LogP contribution in [0.2, 0.25) is 0 Å². The molecule has 5 atom stereocenters. The van der Waals surface area contributed by atoms with Crippen LogP contribution in [0.4, 0.5) is 0 Å². The molecule has 0 spiro atoms. The highest BCUT2D eigenvalue weighted by Crippen LogP contribution is 2.41. The molecule has 1 N–H and O–H groups in total. The van der Waals surface area contributed by atoms with Crippen LogP contribution in [-0.2, 0) is 39.8 Å². The van der Waals surface area contributed by atoms with Crippen LogP contribution in [-0.4, -0.2) is 53.9 Å². The minimum Gasteiger partial charge on any atom is -0.465 e. The van der Waals surface area contributed by atoms with Crippen molar-refractivity contribution in [2.24, 2.45) is 5.92 Å². The van der Waals surface area contributed by atoms with Crippen LogP contribution in [0.1, 0.15) is 68.5 Å². The second kappa shape index (κ2) is 10.1. The molecular weight excluding hydrogens is 460 g/mol. The topological polar surface area (TPSA) is 139 Å².